The number of nitrogens with one attached hydrogen (secondary N) is 2. The summed E-state index contributed by atoms with van der Waals surface area (Å²) in [6, 6.07) is 34.7. The van der Waals surface area contributed by atoms with Crippen LogP contribution < -0.4 is 58.0 Å². The van der Waals surface area contributed by atoms with Gasteiger partial charge in [-0.3, -0.25) is 28.8 Å². The lowest BCUT2D eigenvalue weighted by Crippen LogP contribution is -2.33. The molecule has 0 fully saturated rings. The molecule has 770 valence electrons. The van der Waals surface area contributed by atoms with Gasteiger partial charge in [0.15, 0.2) is 35.3 Å². The zero-order valence-electron chi connectivity index (χ0n) is 84.6. The fourth-order valence-electron chi connectivity index (χ4n) is 16.6. The van der Waals surface area contributed by atoms with Crippen molar-refractivity contribution < 1.29 is 125 Å². The Bertz CT molecular complexity index is 6610. The molecule has 38 heteroatoms. The number of amides is 2. The molecule has 0 radical (unpaired) electrons. The fraction of sp³-hybridized carbons (Fsp3) is 0.324. The molecule has 16 rings (SSSR count). The number of hydrogen-bond acceptors (Lipinski definition) is 32. The Hall–Kier alpha value is -16.5. The Morgan fingerprint density at radius 1 is 0.377 bits per heavy atom. The number of aromatic hydroxyl groups is 4. The van der Waals surface area contributed by atoms with Crippen LogP contribution in [-0.4, -0.2) is 262 Å². The number of aromatic nitrogens is 4. The normalized spacial score (nSPS) is 13.6. The number of ether oxygens (including phenoxy) is 13. The highest BCUT2D eigenvalue weighted by Gasteiger charge is 2.37. The number of aryl methyl sites for hydroxylation is 6. The van der Waals surface area contributed by atoms with Crippen LogP contribution in [0.25, 0.3) is 67.9 Å². The number of hydrogen-bond donors (Lipinski definition) is 6. The van der Waals surface area contributed by atoms with Crippen molar-refractivity contribution in [3.05, 3.63) is 230 Å². The van der Waals surface area contributed by atoms with E-state index in [1.54, 1.807) is 67.4 Å². The Morgan fingerprint density at radius 3 is 1.01 bits per heavy atom. The molecule has 6 N–H and O–H groups in total. The third kappa shape index (κ3) is 27.3. The van der Waals surface area contributed by atoms with E-state index in [1.807, 2.05) is 160 Å². The van der Waals surface area contributed by atoms with Crippen molar-refractivity contribution in [1.29, 1.82) is 0 Å². The summed E-state index contributed by atoms with van der Waals surface area (Å²) in [6.45, 7) is 15.2. The topological polar surface area (TPSA) is 441 Å². The second-order valence-electron chi connectivity index (χ2n) is 35.1. The van der Waals surface area contributed by atoms with Crippen molar-refractivity contribution in [3.8, 4) is 80.5 Å². The first-order valence-corrected chi connectivity index (χ1v) is 47.1. The molecule has 12 aromatic rings. The van der Waals surface area contributed by atoms with Gasteiger partial charge in [0.05, 0.1) is 53.8 Å². The Balaban J connectivity index is 0.000000172. The SMILES string of the molecule is CCOC(=O)CN=O.CCOC(=O)CNC(=O)Oc1cc(OC(=O)NCC(=O)OCC)c2c(c1)O/C(=C\c1cn(CCCN(C)C)c3ccc(OC)cc13)C2=O.COc1ccc2c(c1)c(/C=C1\Oc3cc(C)cc(C)c3C1=O)cn2CCCN(C)C.COc1ccc2c(c1)c(/C=C1\Oc3cc(O)cc(O)c3C1=O)cn2CCCN(C)C.COc1ccc2c(c1)c(/C=C1\Oc3cc(O)cc(O)c3C1=O)cn2CCCN(C)C. The van der Waals surface area contributed by atoms with Gasteiger partial charge in [0.2, 0.25) is 23.1 Å². The van der Waals surface area contributed by atoms with E-state index in [0.29, 0.717) is 35.0 Å². The van der Waals surface area contributed by atoms with Crippen LogP contribution in [0.15, 0.2) is 174 Å². The van der Waals surface area contributed by atoms with Crippen molar-refractivity contribution in [3.63, 3.8) is 0 Å². The smallest absolute Gasteiger partial charge is 0.413 e. The number of carbonyl (C=O) groups excluding carboxylic acids is 9. The van der Waals surface area contributed by atoms with E-state index in [-0.39, 0.29) is 111 Å². The second-order valence-corrected chi connectivity index (χ2v) is 35.1. The first-order valence-electron chi connectivity index (χ1n) is 47.1. The summed E-state index contributed by atoms with van der Waals surface area (Å²) in [7, 11) is 22.8. The Morgan fingerprint density at radius 2 is 0.685 bits per heavy atom. The van der Waals surface area contributed by atoms with Gasteiger partial charge in [-0.2, -0.15) is 4.91 Å². The molecule has 8 aromatic carbocycles. The third-order valence-electron chi connectivity index (χ3n) is 23.2. The number of esters is 3. The van der Waals surface area contributed by atoms with E-state index >= 15 is 0 Å². The molecule has 0 spiro atoms. The van der Waals surface area contributed by atoms with E-state index in [4.69, 9.17) is 56.8 Å². The lowest BCUT2D eigenvalue weighted by atomic mass is 10.0. The third-order valence-corrected chi connectivity index (χ3v) is 23.2. The summed E-state index contributed by atoms with van der Waals surface area (Å²) in [6.07, 6.45) is 16.6. The minimum atomic E-state index is -1.08. The maximum absolute atomic E-state index is 13.8. The number of phenols is 4. The van der Waals surface area contributed by atoms with E-state index in [9.17, 15) is 68.5 Å². The monoisotopic (exact) mass is 2000 g/mol. The van der Waals surface area contributed by atoms with Gasteiger partial charge in [-0.1, -0.05) is 11.2 Å². The number of nitroso groups, excluding NO2 is 1. The zero-order chi connectivity index (χ0) is 105. The molecule has 38 nitrogen and oxygen atoms in total. The predicted octanol–water partition coefficient (Wildman–Crippen LogP) is 15.9. The molecule has 146 heavy (non-hydrogen) atoms. The molecule has 0 atom stereocenters. The lowest BCUT2D eigenvalue weighted by Gasteiger charge is -2.11. The Kier molecular flexibility index (Phi) is 37.1. The van der Waals surface area contributed by atoms with Crippen LogP contribution in [0.3, 0.4) is 0 Å². The molecule has 0 saturated carbocycles. The van der Waals surface area contributed by atoms with E-state index in [2.05, 4.69) is 84.8 Å². The molecule has 0 bridgehead atoms. The lowest BCUT2D eigenvalue weighted by molar-refractivity contribution is -0.142. The standard InChI is InChI=1S/C33H38N4O11.C25H28N2O3.2C23H24N2O5.C4H7NO3/c1-6-44-28(38)17-34-32(41)46-22-15-25-30(26(16-22)48-33(42)35-18-29(39)45-7-2)31(40)27(47-25)13-20-19-37(12-8-11-36(3)4)24-10-9-21(43-5)14-23(20)24;1-16-11-17(2)24-22(12-16)30-23(25(24)28)13-18-15-27(10-6-9-26(3)4)21-8-7-19(29-5)14-20(18)21;2*1-24(2)7-4-8-25-13-14(17-12-16(29-3)5-6-18(17)25)9-21-23(28)22-19(27)10-15(26)11-20(22)30-21;1-2-8-4(6)3-5-7/h9-10,13-16,19H,6-8,11-12,17-18H2,1-5H3,(H,34,41)(H,35,42);7-8,11-15H,6,9-10H2,1-5H3;2*5-6,9-13,26-27H,4,7-8H2,1-3H3;2-3H2,1H3/b27-13-;23-13-;2*21-9-;. The molecule has 0 saturated heterocycles. The first-order chi connectivity index (χ1) is 69.9. The molecule has 0 unspecified atom stereocenters. The van der Waals surface area contributed by atoms with Gasteiger partial charge < -0.3 is 131 Å². The summed E-state index contributed by atoms with van der Waals surface area (Å²) in [5.41, 5.74) is 10.1. The first kappa shape index (κ1) is 108. The van der Waals surface area contributed by atoms with Crippen LogP contribution in [0, 0.1) is 18.8 Å². The average molecular weight is 2010 g/mol. The number of ketones is 4. The van der Waals surface area contributed by atoms with Crippen molar-refractivity contribution >= 4 is 121 Å². The van der Waals surface area contributed by atoms with E-state index in [0.717, 1.165) is 185 Å². The van der Waals surface area contributed by atoms with Gasteiger partial charge in [0.1, 0.15) is 105 Å². The van der Waals surface area contributed by atoms with Gasteiger partial charge in [0, 0.05) is 153 Å². The predicted molar refractivity (Wildman–Crippen MR) is 549 cm³/mol. The minimum Gasteiger partial charge on any atom is -0.508 e. The van der Waals surface area contributed by atoms with Crippen LogP contribution in [-0.2, 0) is 54.8 Å². The minimum absolute atomic E-state index is 0.0533. The highest BCUT2D eigenvalue weighted by molar-refractivity contribution is 6.20. The number of allylic oxidation sites excluding steroid dienone is 4. The molecule has 4 aromatic heterocycles. The van der Waals surface area contributed by atoms with Gasteiger partial charge in [-0.05, 0) is 257 Å². The fourth-order valence-corrected chi connectivity index (χ4v) is 16.6. The molecule has 4 aliphatic heterocycles. The molecule has 0 aliphatic carbocycles. The summed E-state index contributed by atoms with van der Waals surface area (Å²) in [5, 5.41) is 50.0. The summed E-state index contributed by atoms with van der Waals surface area (Å²) in [4.78, 5) is 129. The van der Waals surface area contributed by atoms with Crippen molar-refractivity contribution in [2.45, 2.75) is 86.5 Å². The summed E-state index contributed by atoms with van der Waals surface area (Å²) in [5.74, 6) is -0.595. The Labute approximate surface area is 842 Å². The molecular formula is C108H121N11O27. The van der Waals surface area contributed by atoms with Crippen molar-refractivity contribution in [1.82, 2.24) is 48.5 Å². The number of rotatable bonds is 35. The maximum atomic E-state index is 13.8. The molecular weight excluding hydrogens is 1880 g/mol. The van der Waals surface area contributed by atoms with Crippen molar-refractivity contribution in [2.75, 3.05) is 150 Å². The van der Waals surface area contributed by atoms with Crippen molar-refractivity contribution in [2.24, 2.45) is 5.18 Å². The quantitative estimate of drug-likeness (QED) is 0.00930. The van der Waals surface area contributed by atoms with Gasteiger partial charge in [-0.15, -0.1) is 0 Å². The van der Waals surface area contributed by atoms with Crippen LogP contribution >= 0.6 is 0 Å². The summed E-state index contributed by atoms with van der Waals surface area (Å²) < 4.78 is 78.1. The van der Waals surface area contributed by atoms with Crippen LogP contribution in [0.4, 0.5) is 9.59 Å². The van der Waals surface area contributed by atoms with E-state index < -0.39 is 60.5 Å². The number of phenolic OH excluding ortho intramolecular Hbond substituents is 4. The summed E-state index contributed by atoms with van der Waals surface area (Å²) >= 11 is 0. The second kappa shape index (κ2) is 50.0. The average Bonchev–Trinajstić information content (AvgIpc) is 1.61. The van der Waals surface area contributed by atoms with Gasteiger partial charge >= 0.3 is 30.1 Å². The molecule has 2 amide bonds. The van der Waals surface area contributed by atoms with Gasteiger partial charge in [0.25, 0.3) is 0 Å². The van der Waals surface area contributed by atoms with E-state index in [1.165, 1.54) is 18.2 Å². The largest absolute Gasteiger partial charge is 0.508 e. The van der Waals surface area contributed by atoms with Crippen LogP contribution in [0.5, 0.6) is 80.5 Å². The van der Waals surface area contributed by atoms with Crippen LogP contribution in [0.2, 0.25) is 0 Å². The maximum Gasteiger partial charge on any atom is 0.413 e. The number of Topliss-reactive ketones (excluding diaryl/α,β-unsaturated/α-hetero) is 4. The number of fused-ring (bicyclic) bond motifs is 8. The number of nitrogens with zero attached hydrogens (tertiary/aromatic N) is 9. The molecule has 8 heterocycles. The van der Waals surface area contributed by atoms with Crippen LogP contribution in [0.1, 0.15) is 121 Å². The molecule has 4 aliphatic rings. The number of carbonyl (C=O) groups is 9. The number of benzene rings is 8. The van der Waals surface area contributed by atoms with Gasteiger partial charge in [-0.25, -0.2) is 14.4 Å². The highest BCUT2D eigenvalue weighted by Crippen LogP contribution is 2.47. The zero-order valence-corrected chi connectivity index (χ0v) is 84.6. The number of methoxy groups -OCH3 is 4. The highest BCUT2D eigenvalue weighted by atomic mass is 16.6.